The summed E-state index contributed by atoms with van der Waals surface area (Å²) in [6.07, 6.45) is 2.12. The highest BCUT2D eigenvalue weighted by atomic mass is 16.6. The maximum Gasteiger partial charge on any atom is 0.313 e. The summed E-state index contributed by atoms with van der Waals surface area (Å²) in [4.78, 5) is 25.7. The summed E-state index contributed by atoms with van der Waals surface area (Å²) >= 11 is 0. The number of ether oxygens (including phenoxy) is 3. The maximum atomic E-state index is 12.9. The summed E-state index contributed by atoms with van der Waals surface area (Å²) in [6, 6.07) is 0. The van der Waals surface area contributed by atoms with Gasteiger partial charge in [-0.25, -0.2) is 0 Å². The van der Waals surface area contributed by atoms with Gasteiger partial charge in [-0.2, -0.15) is 0 Å². The SMILES string of the molecule is COC(=O)[C@]12[C@@H]3[C@@H]4[C@H]5C[C@H]3[C@@]36O[C@]53[C@H](C[C@H]61)[C@]42C(=O)OC. The van der Waals surface area contributed by atoms with E-state index in [0.717, 1.165) is 12.8 Å². The zero-order valence-electron chi connectivity index (χ0n) is 11.9. The predicted octanol–water partition coefficient (Wildman–Crippen LogP) is 0.372. The van der Waals surface area contributed by atoms with E-state index in [1.807, 2.05) is 0 Å². The van der Waals surface area contributed by atoms with Crippen molar-refractivity contribution in [3.63, 3.8) is 0 Å². The van der Waals surface area contributed by atoms with E-state index in [0.29, 0.717) is 23.7 Å². The quantitative estimate of drug-likeness (QED) is 0.542. The first-order chi connectivity index (χ1) is 10.1. The highest BCUT2D eigenvalue weighted by molar-refractivity contribution is 5.98. The van der Waals surface area contributed by atoms with Gasteiger partial charge in [0.1, 0.15) is 11.2 Å². The van der Waals surface area contributed by atoms with Crippen LogP contribution in [-0.2, 0) is 23.8 Å². The van der Waals surface area contributed by atoms with Gasteiger partial charge >= 0.3 is 11.9 Å². The van der Waals surface area contributed by atoms with Crippen LogP contribution in [0.1, 0.15) is 12.8 Å². The third kappa shape index (κ3) is 0.491. The number of epoxide rings is 1. The van der Waals surface area contributed by atoms with Crippen LogP contribution in [0.2, 0.25) is 0 Å². The smallest absolute Gasteiger partial charge is 0.313 e. The van der Waals surface area contributed by atoms with Crippen molar-refractivity contribution in [1.82, 2.24) is 0 Å². The lowest BCUT2D eigenvalue weighted by molar-refractivity contribution is -0.226. The van der Waals surface area contributed by atoms with E-state index in [1.54, 1.807) is 0 Å². The second-order valence-electron chi connectivity index (χ2n) is 8.25. The van der Waals surface area contributed by atoms with Gasteiger partial charge in [0.15, 0.2) is 0 Å². The van der Waals surface area contributed by atoms with E-state index in [4.69, 9.17) is 14.2 Å². The molecule has 7 aliphatic carbocycles. The number of hydrogen-bond donors (Lipinski definition) is 0. The lowest BCUT2D eigenvalue weighted by atomic mass is 9.39. The molecule has 0 amide bonds. The molecule has 7 saturated carbocycles. The molecule has 21 heavy (non-hydrogen) atoms. The molecular weight excluding hydrogens is 272 g/mol. The molecule has 8 rings (SSSR count). The topological polar surface area (TPSA) is 65.1 Å². The first kappa shape index (κ1) is 10.6. The molecule has 0 aromatic carbocycles. The van der Waals surface area contributed by atoms with Crippen LogP contribution in [0, 0.1) is 46.3 Å². The van der Waals surface area contributed by atoms with Crippen LogP contribution in [0.5, 0.6) is 0 Å². The molecule has 1 aliphatic heterocycles. The van der Waals surface area contributed by atoms with Crippen LogP contribution >= 0.6 is 0 Å². The van der Waals surface area contributed by atoms with Crippen molar-refractivity contribution in [3.05, 3.63) is 0 Å². The minimum absolute atomic E-state index is 0.0638. The highest BCUT2D eigenvalue weighted by Crippen LogP contribution is 3.07. The standard InChI is InChI=1S/C16H16O5/c1-19-11(17)13-7-4-8-14(13,12(18)20-2)10-6-3-5(9(10)13)15(7)16(6,8)21-15/h5-10H,3-4H2,1-2H3/t5-,6-,7-,8+,9+,10+,13-,14-,15+,16+/m1/s1. The van der Waals surface area contributed by atoms with E-state index in [-0.39, 0.29) is 35.0 Å². The first-order valence-electron chi connectivity index (χ1n) is 7.98. The average Bonchev–Trinajstić information content (AvgIpc) is 2.69. The summed E-state index contributed by atoms with van der Waals surface area (Å²) in [5, 5.41) is 0. The summed E-state index contributed by atoms with van der Waals surface area (Å²) in [6.45, 7) is 0. The molecule has 0 aromatic rings. The van der Waals surface area contributed by atoms with Crippen LogP contribution in [0.25, 0.3) is 0 Å². The fourth-order valence-electron chi connectivity index (χ4n) is 9.70. The van der Waals surface area contributed by atoms with Gasteiger partial charge in [0.05, 0.1) is 25.0 Å². The fourth-order valence-corrected chi connectivity index (χ4v) is 9.70. The van der Waals surface area contributed by atoms with Crippen molar-refractivity contribution in [3.8, 4) is 0 Å². The Labute approximate surface area is 121 Å². The van der Waals surface area contributed by atoms with Crippen LogP contribution in [0.3, 0.4) is 0 Å². The minimum Gasteiger partial charge on any atom is -0.469 e. The summed E-state index contributed by atoms with van der Waals surface area (Å²) in [7, 11) is 2.91. The van der Waals surface area contributed by atoms with Gasteiger partial charge in [0.25, 0.3) is 0 Å². The van der Waals surface area contributed by atoms with Crippen LogP contribution in [0.15, 0.2) is 0 Å². The predicted molar refractivity (Wildman–Crippen MR) is 65.6 cm³/mol. The number of carbonyl (C=O) groups excluding carboxylic acids is 2. The average molecular weight is 288 g/mol. The Kier molecular flexibility index (Phi) is 1.13. The number of esters is 2. The molecule has 1 saturated heterocycles. The molecular formula is C16H16O5. The molecule has 4 bridgehead atoms. The lowest BCUT2D eigenvalue weighted by Gasteiger charge is -2.60. The summed E-state index contributed by atoms with van der Waals surface area (Å²) in [5.41, 5.74) is -1.38. The second-order valence-corrected chi connectivity index (χ2v) is 8.25. The Balaban J connectivity index is 1.62. The number of carbonyl (C=O) groups is 2. The van der Waals surface area contributed by atoms with Crippen molar-refractivity contribution in [2.24, 2.45) is 46.3 Å². The molecule has 2 spiro atoms. The van der Waals surface area contributed by atoms with Crippen LogP contribution in [0.4, 0.5) is 0 Å². The molecule has 0 N–H and O–H groups in total. The zero-order chi connectivity index (χ0) is 14.2. The second kappa shape index (κ2) is 2.25. The summed E-state index contributed by atoms with van der Waals surface area (Å²) in [5.74, 6) is 1.64. The van der Waals surface area contributed by atoms with E-state index < -0.39 is 10.8 Å². The van der Waals surface area contributed by atoms with Crippen molar-refractivity contribution < 1.29 is 23.8 Å². The van der Waals surface area contributed by atoms with E-state index in [2.05, 4.69) is 0 Å². The monoisotopic (exact) mass is 288 g/mol. The van der Waals surface area contributed by atoms with Crippen LogP contribution in [-0.4, -0.2) is 37.4 Å². The Hall–Kier alpha value is -1.10. The zero-order valence-corrected chi connectivity index (χ0v) is 11.9. The molecule has 0 radical (unpaired) electrons. The Morgan fingerprint density at radius 1 is 0.905 bits per heavy atom. The molecule has 5 heteroatoms. The van der Waals surface area contributed by atoms with E-state index in [9.17, 15) is 9.59 Å². The Bertz CT molecular complexity index is 647. The molecule has 8 fully saturated rings. The normalized spacial score (nSPS) is 73.8. The van der Waals surface area contributed by atoms with Crippen molar-refractivity contribution >= 4 is 11.9 Å². The third-order valence-electron chi connectivity index (χ3n) is 9.16. The summed E-state index contributed by atoms with van der Waals surface area (Å²) < 4.78 is 16.8. The van der Waals surface area contributed by atoms with Gasteiger partial charge in [-0.05, 0) is 36.5 Å². The van der Waals surface area contributed by atoms with Crippen molar-refractivity contribution in [2.75, 3.05) is 14.2 Å². The molecule has 0 unspecified atom stereocenters. The maximum absolute atomic E-state index is 12.9. The van der Waals surface area contributed by atoms with Crippen molar-refractivity contribution in [2.45, 2.75) is 24.0 Å². The Morgan fingerprint density at radius 3 is 1.81 bits per heavy atom. The minimum atomic E-state index is -0.625. The molecule has 110 valence electrons. The molecule has 0 aromatic heterocycles. The van der Waals surface area contributed by atoms with Gasteiger partial charge < -0.3 is 14.2 Å². The molecule has 8 aliphatic rings. The van der Waals surface area contributed by atoms with Gasteiger partial charge in [-0.3, -0.25) is 9.59 Å². The number of methoxy groups -OCH3 is 2. The highest BCUT2D eigenvalue weighted by Gasteiger charge is 3.16. The van der Waals surface area contributed by atoms with Gasteiger partial charge in [-0.15, -0.1) is 0 Å². The first-order valence-corrected chi connectivity index (χ1v) is 7.98. The largest absolute Gasteiger partial charge is 0.469 e. The lowest BCUT2D eigenvalue weighted by Crippen LogP contribution is -2.70. The Morgan fingerprint density at radius 2 is 1.38 bits per heavy atom. The van der Waals surface area contributed by atoms with Gasteiger partial charge in [-0.1, -0.05) is 0 Å². The number of rotatable bonds is 2. The van der Waals surface area contributed by atoms with E-state index >= 15 is 0 Å². The van der Waals surface area contributed by atoms with Gasteiger partial charge in [0.2, 0.25) is 0 Å². The molecule has 10 atom stereocenters. The van der Waals surface area contributed by atoms with Crippen molar-refractivity contribution in [1.29, 1.82) is 0 Å². The molecule has 5 nitrogen and oxygen atoms in total. The van der Waals surface area contributed by atoms with E-state index in [1.165, 1.54) is 14.2 Å². The van der Waals surface area contributed by atoms with Gasteiger partial charge in [0, 0.05) is 11.8 Å². The number of hydrogen-bond acceptors (Lipinski definition) is 5. The fraction of sp³-hybridized carbons (Fsp3) is 0.875. The molecule has 1 heterocycles. The van der Waals surface area contributed by atoms with Crippen LogP contribution < -0.4 is 0 Å². The third-order valence-corrected chi connectivity index (χ3v) is 9.16.